The fraction of sp³-hybridized carbons (Fsp3) is 0.364. The SMILES string of the molecule is C[C@]1(F)C(=O)N(CCCN2CCC3(CC2)C(=O)N(Cc2cccc(C(=O)O)c2)CN3c2ccc(F)cc2)c2ccccc21. The number of aromatic carboxylic acids is 1. The number of hydrogen-bond donors (Lipinski definition) is 1. The van der Waals surface area contributed by atoms with E-state index < -0.39 is 23.1 Å². The molecule has 3 aromatic carbocycles. The van der Waals surface area contributed by atoms with Gasteiger partial charge in [0.1, 0.15) is 11.4 Å². The van der Waals surface area contributed by atoms with Gasteiger partial charge in [0, 0.05) is 37.4 Å². The highest BCUT2D eigenvalue weighted by atomic mass is 19.1. The maximum atomic E-state index is 15.2. The van der Waals surface area contributed by atoms with Gasteiger partial charge in [-0.05, 0) is 80.8 Å². The van der Waals surface area contributed by atoms with Crippen LogP contribution in [0.2, 0.25) is 0 Å². The van der Waals surface area contributed by atoms with E-state index in [2.05, 4.69) is 9.80 Å². The van der Waals surface area contributed by atoms with Crippen LogP contribution in [0.5, 0.6) is 0 Å². The molecule has 3 heterocycles. The molecule has 0 aromatic heterocycles. The van der Waals surface area contributed by atoms with Crippen LogP contribution in [-0.4, -0.2) is 71.1 Å². The van der Waals surface area contributed by atoms with Crippen molar-refractivity contribution in [3.8, 4) is 0 Å². The summed E-state index contributed by atoms with van der Waals surface area (Å²) >= 11 is 0. The van der Waals surface area contributed by atoms with E-state index in [9.17, 15) is 23.9 Å². The van der Waals surface area contributed by atoms with Gasteiger partial charge in [0.15, 0.2) is 0 Å². The molecule has 6 rings (SSSR count). The summed E-state index contributed by atoms with van der Waals surface area (Å²) in [6, 6.07) is 19.7. The fourth-order valence-electron chi connectivity index (χ4n) is 6.76. The number of benzene rings is 3. The molecular weight excluding hydrogens is 554 g/mol. The van der Waals surface area contributed by atoms with Crippen molar-refractivity contribution in [2.75, 3.05) is 42.6 Å². The van der Waals surface area contributed by atoms with Crippen molar-refractivity contribution in [2.24, 2.45) is 0 Å². The molecule has 3 aliphatic rings. The van der Waals surface area contributed by atoms with Gasteiger partial charge < -0.3 is 24.7 Å². The Morgan fingerprint density at radius 3 is 2.37 bits per heavy atom. The van der Waals surface area contributed by atoms with Crippen LogP contribution in [-0.2, 0) is 21.8 Å². The normalized spacial score (nSPS) is 21.6. The van der Waals surface area contributed by atoms with Gasteiger partial charge in [0.05, 0.1) is 17.9 Å². The van der Waals surface area contributed by atoms with Crippen molar-refractivity contribution in [2.45, 2.75) is 43.9 Å². The van der Waals surface area contributed by atoms with Crippen molar-refractivity contribution in [1.82, 2.24) is 9.80 Å². The molecule has 3 aliphatic heterocycles. The summed E-state index contributed by atoms with van der Waals surface area (Å²) in [4.78, 5) is 45.9. The second kappa shape index (κ2) is 11.1. The van der Waals surface area contributed by atoms with Crippen LogP contribution in [0.15, 0.2) is 72.8 Å². The molecule has 0 unspecified atom stereocenters. The predicted molar refractivity (Wildman–Crippen MR) is 158 cm³/mol. The predicted octanol–water partition coefficient (Wildman–Crippen LogP) is 4.79. The lowest BCUT2D eigenvalue weighted by molar-refractivity contribution is -0.134. The minimum Gasteiger partial charge on any atom is -0.478 e. The molecule has 2 amide bonds. The Morgan fingerprint density at radius 2 is 1.65 bits per heavy atom. The highest BCUT2D eigenvalue weighted by molar-refractivity contribution is 6.06. The monoisotopic (exact) mass is 588 g/mol. The number of rotatable bonds is 8. The number of alkyl halides is 1. The summed E-state index contributed by atoms with van der Waals surface area (Å²) in [5.74, 6) is -1.94. The smallest absolute Gasteiger partial charge is 0.335 e. The van der Waals surface area contributed by atoms with E-state index >= 15 is 4.39 Å². The van der Waals surface area contributed by atoms with E-state index in [0.29, 0.717) is 63.4 Å². The van der Waals surface area contributed by atoms with Crippen LogP contribution in [0.3, 0.4) is 0 Å². The summed E-state index contributed by atoms with van der Waals surface area (Å²) in [6.45, 7) is 4.29. The Hall–Kier alpha value is -4.31. The number of carboxylic acids is 1. The number of piperidine rings is 1. The molecule has 0 aliphatic carbocycles. The molecule has 0 radical (unpaired) electrons. The van der Waals surface area contributed by atoms with Crippen LogP contribution in [0.4, 0.5) is 20.2 Å². The quantitative estimate of drug-likeness (QED) is 0.408. The van der Waals surface area contributed by atoms with E-state index in [1.165, 1.54) is 30.0 Å². The molecular formula is C33H34F2N4O4. The molecule has 1 N–H and O–H groups in total. The lowest BCUT2D eigenvalue weighted by Crippen LogP contribution is -2.56. The second-order valence-electron chi connectivity index (χ2n) is 11.8. The van der Waals surface area contributed by atoms with Crippen molar-refractivity contribution in [1.29, 1.82) is 0 Å². The molecule has 0 saturated carbocycles. The summed E-state index contributed by atoms with van der Waals surface area (Å²) in [7, 11) is 0. The zero-order valence-electron chi connectivity index (χ0n) is 24.0. The standard InChI is InChI=1S/C33H34F2N4O4/c1-32(35)27-8-2-3-9-28(27)38(30(32)42)17-5-16-36-18-14-33(15-19-36)31(43)37(21-23-6-4-7-24(20-23)29(40)41)22-39(33)26-12-10-25(34)11-13-26/h2-4,6-13,20H,5,14-19,21-22H2,1H3,(H,40,41)/t32-/m1/s1. The number of hydrogen-bond acceptors (Lipinski definition) is 5. The zero-order chi connectivity index (χ0) is 30.4. The molecule has 2 fully saturated rings. The molecule has 1 atom stereocenters. The molecule has 0 bridgehead atoms. The number of fused-ring (bicyclic) bond motifs is 1. The maximum absolute atomic E-state index is 15.2. The number of amides is 2. The third kappa shape index (κ3) is 5.14. The molecule has 8 nitrogen and oxygen atoms in total. The van der Waals surface area contributed by atoms with E-state index in [0.717, 1.165) is 11.3 Å². The number of carbonyl (C=O) groups excluding carboxylic acids is 2. The van der Waals surface area contributed by atoms with E-state index in [4.69, 9.17) is 0 Å². The Morgan fingerprint density at radius 1 is 0.930 bits per heavy atom. The Labute approximate surface area is 249 Å². The number of carboxylic acid groups (broad SMARTS) is 1. The Kier molecular flexibility index (Phi) is 7.41. The summed E-state index contributed by atoms with van der Waals surface area (Å²) in [5, 5.41) is 9.40. The van der Waals surface area contributed by atoms with Gasteiger partial charge >= 0.3 is 5.97 Å². The minimum absolute atomic E-state index is 0.0290. The lowest BCUT2D eigenvalue weighted by Gasteiger charge is -2.43. The summed E-state index contributed by atoms with van der Waals surface area (Å²) < 4.78 is 29.0. The maximum Gasteiger partial charge on any atom is 0.335 e. The first-order valence-corrected chi connectivity index (χ1v) is 14.6. The van der Waals surface area contributed by atoms with Gasteiger partial charge in [0.25, 0.3) is 5.91 Å². The molecule has 3 aromatic rings. The minimum atomic E-state index is -2.03. The zero-order valence-corrected chi connectivity index (χ0v) is 24.0. The van der Waals surface area contributed by atoms with Gasteiger partial charge in [-0.3, -0.25) is 9.59 Å². The van der Waals surface area contributed by atoms with Gasteiger partial charge in [-0.25, -0.2) is 13.6 Å². The van der Waals surface area contributed by atoms with Crippen LogP contribution in [0.1, 0.15) is 47.7 Å². The number of likely N-dealkylation sites (tertiary alicyclic amines) is 1. The Bertz CT molecular complexity index is 1550. The van der Waals surface area contributed by atoms with Crippen LogP contribution >= 0.6 is 0 Å². The third-order valence-electron chi connectivity index (χ3n) is 9.09. The first-order chi connectivity index (χ1) is 20.6. The molecule has 224 valence electrons. The van der Waals surface area contributed by atoms with Gasteiger partial charge in [-0.15, -0.1) is 0 Å². The number of carbonyl (C=O) groups is 3. The average molecular weight is 589 g/mol. The fourth-order valence-corrected chi connectivity index (χ4v) is 6.76. The van der Waals surface area contributed by atoms with Gasteiger partial charge in [-0.2, -0.15) is 0 Å². The van der Waals surface area contributed by atoms with E-state index in [1.807, 2.05) is 12.1 Å². The largest absolute Gasteiger partial charge is 0.478 e. The third-order valence-corrected chi connectivity index (χ3v) is 9.09. The van der Waals surface area contributed by atoms with Crippen LogP contribution in [0, 0.1) is 5.82 Å². The van der Waals surface area contributed by atoms with E-state index in [1.54, 1.807) is 47.4 Å². The van der Waals surface area contributed by atoms with Crippen LogP contribution < -0.4 is 9.80 Å². The average Bonchev–Trinajstić information content (AvgIpc) is 3.37. The Balaban J connectivity index is 1.14. The topological polar surface area (TPSA) is 84.4 Å². The van der Waals surface area contributed by atoms with Crippen molar-refractivity contribution in [3.63, 3.8) is 0 Å². The first kappa shape index (κ1) is 28.8. The van der Waals surface area contributed by atoms with Gasteiger partial charge in [0.2, 0.25) is 11.6 Å². The first-order valence-electron chi connectivity index (χ1n) is 14.6. The van der Waals surface area contributed by atoms with Gasteiger partial charge in [-0.1, -0.05) is 30.3 Å². The highest BCUT2D eigenvalue weighted by Crippen LogP contribution is 2.43. The van der Waals surface area contributed by atoms with Crippen molar-refractivity contribution < 1.29 is 28.3 Å². The number of anilines is 2. The molecule has 2 saturated heterocycles. The summed E-state index contributed by atoms with van der Waals surface area (Å²) in [6.07, 6.45) is 1.77. The highest BCUT2D eigenvalue weighted by Gasteiger charge is 2.53. The number of nitrogens with zero attached hydrogens (tertiary/aromatic N) is 4. The number of para-hydroxylation sites is 1. The van der Waals surface area contributed by atoms with Crippen molar-refractivity contribution in [3.05, 3.63) is 95.3 Å². The molecule has 10 heteroatoms. The number of halogens is 2. The van der Waals surface area contributed by atoms with Crippen molar-refractivity contribution >= 4 is 29.2 Å². The molecule has 43 heavy (non-hydrogen) atoms. The van der Waals surface area contributed by atoms with Crippen LogP contribution in [0.25, 0.3) is 0 Å². The molecule has 1 spiro atoms. The van der Waals surface area contributed by atoms with E-state index in [-0.39, 0.29) is 23.8 Å². The second-order valence-corrected chi connectivity index (χ2v) is 11.8. The lowest BCUT2D eigenvalue weighted by atomic mass is 9.85. The summed E-state index contributed by atoms with van der Waals surface area (Å²) in [5.41, 5.74) is -0.164.